The van der Waals surface area contributed by atoms with E-state index in [-0.39, 0.29) is 22.3 Å². The quantitative estimate of drug-likeness (QED) is 0.822. The molecular formula is C22H30N2O2. The topological polar surface area (TPSA) is 54.9 Å². The van der Waals surface area contributed by atoms with Gasteiger partial charge in [-0.2, -0.15) is 0 Å². The molecule has 0 amide bonds. The van der Waals surface area contributed by atoms with E-state index in [1.54, 1.807) is 14.0 Å². The molecular weight excluding hydrogens is 324 g/mol. The van der Waals surface area contributed by atoms with Gasteiger partial charge in [0.1, 0.15) is 5.56 Å². The predicted molar refractivity (Wildman–Crippen MR) is 105 cm³/mol. The first-order valence-electron chi connectivity index (χ1n) is 9.40. The number of carbonyl (C=O) groups excluding carboxylic acids is 1. The molecule has 2 aromatic rings. The molecule has 1 aromatic carbocycles. The zero-order valence-electron chi connectivity index (χ0n) is 17.2. The molecule has 1 aliphatic rings. The molecule has 0 saturated carbocycles. The summed E-state index contributed by atoms with van der Waals surface area (Å²) in [6.45, 7) is 15.2. The highest BCUT2D eigenvalue weighted by molar-refractivity contribution is 6.10. The Kier molecular flexibility index (Phi) is 4.29. The van der Waals surface area contributed by atoms with Crippen molar-refractivity contribution >= 4 is 5.78 Å². The molecule has 140 valence electrons. The van der Waals surface area contributed by atoms with E-state index in [1.807, 2.05) is 13.0 Å². The zero-order chi connectivity index (χ0) is 19.5. The lowest BCUT2D eigenvalue weighted by atomic mass is 9.61. The van der Waals surface area contributed by atoms with E-state index in [0.29, 0.717) is 23.1 Å². The minimum absolute atomic E-state index is 0.169. The number of ketones is 1. The summed E-state index contributed by atoms with van der Waals surface area (Å²) in [6.07, 6.45) is 1.03. The Morgan fingerprint density at radius 1 is 1.23 bits per heavy atom. The summed E-state index contributed by atoms with van der Waals surface area (Å²) in [5, 5.41) is 2.93. The van der Waals surface area contributed by atoms with E-state index in [2.05, 4.69) is 39.7 Å². The maximum Gasteiger partial charge on any atom is 0.277 e. The molecule has 1 aromatic heterocycles. The van der Waals surface area contributed by atoms with Gasteiger partial charge in [0.15, 0.2) is 0 Å². The molecule has 0 saturated heterocycles. The van der Waals surface area contributed by atoms with Crippen LogP contribution in [-0.4, -0.2) is 15.6 Å². The first-order valence-corrected chi connectivity index (χ1v) is 9.40. The van der Waals surface area contributed by atoms with Crippen LogP contribution in [-0.2, 0) is 13.5 Å². The third kappa shape index (κ3) is 2.58. The van der Waals surface area contributed by atoms with Crippen LogP contribution < -0.4 is 5.56 Å². The molecule has 4 heteroatoms. The van der Waals surface area contributed by atoms with Crippen LogP contribution in [0.2, 0.25) is 0 Å². The Balaban J connectivity index is 2.22. The van der Waals surface area contributed by atoms with Gasteiger partial charge in [0, 0.05) is 18.3 Å². The van der Waals surface area contributed by atoms with Crippen molar-refractivity contribution in [2.75, 3.05) is 0 Å². The predicted octanol–water partition coefficient (Wildman–Crippen LogP) is 4.19. The van der Waals surface area contributed by atoms with Gasteiger partial charge in [-0.25, -0.2) is 0 Å². The second-order valence-corrected chi connectivity index (χ2v) is 8.81. The Bertz CT molecular complexity index is 959. The van der Waals surface area contributed by atoms with Crippen LogP contribution in [0, 0.1) is 32.1 Å². The SMILES string of the molecule is Cc1cc(C(=O)c2c(C)[nH]n(C)c2=O)c(C)c2c1CC(C)(C)C(C)C2C. The monoisotopic (exact) mass is 354 g/mol. The van der Waals surface area contributed by atoms with Crippen molar-refractivity contribution < 1.29 is 4.79 Å². The van der Waals surface area contributed by atoms with Crippen molar-refractivity contribution in [2.45, 2.75) is 60.8 Å². The highest BCUT2D eigenvalue weighted by Gasteiger charge is 2.39. The van der Waals surface area contributed by atoms with Gasteiger partial charge in [0.25, 0.3) is 5.56 Å². The average molecular weight is 354 g/mol. The van der Waals surface area contributed by atoms with Crippen LogP contribution in [0.3, 0.4) is 0 Å². The van der Waals surface area contributed by atoms with Gasteiger partial charge >= 0.3 is 0 Å². The fraction of sp³-hybridized carbons (Fsp3) is 0.545. The van der Waals surface area contributed by atoms with Crippen LogP contribution in [0.15, 0.2) is 10.9 Å². The summed E-state index contributed by atoms with van der Waals surface area (Å²) < 4.78 is 1.37. The number of fused-ring (bicyclic) bond motifs is 1. The Morgan fingerprint density at radius 2 is 1.85 bits per heavy atom. The van der Waals surface area contributed by atoms with Crippen molar-refractivity contribution in [3.8, 4) is 0 Å². The van der Waals surface area contributed by atoms with Gasteiger partial charge in [-0.3, -0.25) is 19.4 Å². The minimum Gasteiger partial charge on any atom is -0.299 e. The molecule has 0 fully saturated rings. The number of nitrogens with zero attached hydrogens (tertiary/aromatic N) is 1. The fourth-order valence-electron chi connectivity index (χ4n) is 4.71. The van der Waals surface area contributed by atoms with E-state index >= 15 is 0 Å². The van der Waals surface area contributed by atoms with E-state index in [1.165, 1.54) is 15.8 Å². The molecule has 1 aliphatic carbocycles. The number of rotatable bonds is 2. The maximum atomic E-state index is 13.2. The number of benzene rings is 1. The van der Waals surface area contributed by atoms with E-state index in [0.717, 1.165) is 17.5 Å². The smallest absolute Gasteiger partial charge is 0.277 e. The normalized spacial score (nSPS) is 21.5. The molecule has 3 rings (SSSR count). The lowest BCUT2D eigenvalue weighted by Crippen LogP contribution is -2.35. The Morgan fingerprint density at radius 3 is 2.38 bits per heavy atom. The Labute approximate surface area is 155 Å². The summed E-state index contributed by atoms with van der Waals surface area (Å²) in [6, 6.07) is 1.99. The molecule has 0 spiro atoms. The number of hydrogen-bond donors (Lipinski definition) is 1. The summed E-state index contributed by atoms with van der Waals surface area (Å²) in [4.78, 5) is 25.6. The third-order valence-electron chi connectivity index (χ3n) is 6.74. The van der Waals surface area contributed by atoms with E-state index < -0.39 is 0 Å². The van der Waals surface area contributed by atoms with Gasteiger partial charge in [-0.05, 0) is 72.8 Å². The van der Waals surface area contributed by atoms with Crippen LogP contribution in [0.5, 0.6) is 0 Å². The van der Waals surface area contributed by atoms with Gasteiger partial charge < -0.3 is 0 Å². The second-order valence-electron chi connectivity index (χ2n) is 8.81. The van der Waals surface area contributed by atoms with Crippen molar-refractivity contribution in [2.24, 2.45) is 18.4 Å². The summed E-state index contributed by atoms with van der Waals surface area (Å²) in [5.74, 6) is 0.744. The van der Waals surface area contributed by atoms with Crippen LogP contribution in [0.25, 0.3) is 0 Å². The van der Waals surface area contributed by atoms with E-state index in [9.17, 15) is 9.59 Å². The van der Waals surface area contributed by atoms with Gasteiger partial charge in [-0.15, -0.1) is 0 Å². The van der Waals surface area contributed by atoms with E-state index in [4.69, 9.17) is 0 Å². The molecule has 1 N–H and O–H groups in total. The first kappa shape index (κ1) is 18.7. The minimum atomic E-state index is -0.259. The molecule has 0 bridgehead atoms. The number of aromatic nitrogens is 2. The lowest BCUT2D eigenvalue weighted by molar-refractivity contribution is 0.103. The first-order chi connectivity index (χ1) is 12.0. The highest BCUT2D eigenvalue weighted by Crippen LogP contribution is 2.48. The van der Waals surface area contributed by atoms with Gasteiger partial charge in [-0.1, -0.05) is 27.7 Å². The molecule has 26 heavy (non-hydrogen) atoms. The zero-order valence-corrected chi connectivity index (χ0v) is 17.2. The van der Waals surface area contributed by atoms with Crippen molar-refractivity contribution in [1.29, 1.82) is 0 Å². The molecule has 4 nitrogen and oxygen atoms in total. The average Bonchev–Trinajstić information content (AvgIpc) is 2.80. The van der Waals surface area contributed by atoms with Crippen LogP contribution >= 0.6 is 0 Å². The van der Waals surface area contributed by atoms with Gasteiger partial charge in [0.2, 0.25) is 5.78 Å². The fourth-order valence-corrected chi connectivity index (χ4v) is 4.71. The molecule has 2 atom stereocenters. The number of H-pyrrole nitrogens is 1. The number of hydrogen-bond acceptors (Lipinski definition) is 2. The van der Waals surface area contributed by atoms with Crippen LogP contribution in [0.4, 0.5) is 0 Å². The number of nitrogens with one attached hydrogen (secondary N) is 1. The summed E-state index contributed by atoms with van der Waals surface area (Å²) in [5.41, 5.74) is 6.41. The standard InChI is InChI=1S/C22H30N2O2/c1-11-9-16(20(25)19-15(5)23-24(8)21(19)26)13(3)18-12(2)14(4)22(6,7)10-17(11)18/h9,12,14,23H,10H2,1-8H3. The van der Waals surface area contributed by atoms with Crippen LogP contribution in [0.1, 0.15) is 77.5 Å². The van der Waals surface area contributed by atoms with Crippen molar-refractivity contribution in [3.05, 3.63) is 55.5 Å². The van der Waals surface area contributed by atoms with Gasteiger partial charge in [0.05, 0.1) is 0 Å². The number of carbonyl (C=O) groups is 1. The Hall–Kier alpha value is -2.10. The maximum absolute atomic E-state index is 13.2. The number of aryl methyl sites for hydroxylation is 3. The summed E-state index contributed by atoms with van der Waals surface area (Å²) in [7, 11) is 1.64. The molecule has 0 radical (unpaired) electrons. The molecule has 0 aliphatic heterocycles. The third-order valence-corrected chi connectivity index (χ3v) is 6.74. The number of aromatic amines is 1. The van der Waals surface area contributed by atoms with Crippen molar-refractivity contribution in [3.63, 3.8) is 0 Å². The second kappa shape index (κ2) is 5.97. The van der Waals surface area contributed by atoms with Crippen molar-refractivity contribution in [1.82, 2.24) is 9.78 Å². The molecule has 1 heterocycles. The lowest BCUT2D eigenvalue weighted by Gasteiger charge is -2.44. The largest absolute Gasteiger partial charge is 0.299 e. The summed E-state index contributed by atoms with van der Waals surface area (Å²) >= 11 is 0. The highest BCUT2D eigenvalue weighted by atomic mass is 16.2. The molecule has 2 unspecified atom stereocenters.